The molecule has 0 radical (unpaired) electrons. The number of aromatic nitrogens is 3. The molecular weight excluding hydrogens is 256 g/mol. The van der Waals surface area contributed by atoms with Gasteiger partial charge in [0.2, 0.25) is 0 Å². The van der Waals surface area contributed by atoms with Gasteiger partial charge < -0.3 is 14.8 Å². The Morgan fingerprint density at radius 3 is 2.90 bits per heavy atom. The van der Waals surface area contributed by atoms with Crippen LogP contribution in [-0.4, -0.2) is 35.0 Å². The highest BCUT2D eigenvalue weighted by molar-refractivity contribution is 5.33. The summed E-state index contributed by atoms with van der Waals surface area (Å²) < 4.78 is 12.5. The topological polar surface area (TPSA) is 61.2 Å². The summed E-state index contributed by atoms with van der Waals surface area (Å²) in [6.07, 6.45) is 1.52. The minimum atomic E-state index is 0.408. The molecular formula is C14H20N4O2. The van der Waals surface area contributed by atoms with E-state index in [4.69, 9.17) is 9.47 Å². The van der Waals surface area contributed by atoms with Crippen LogP contribution in [0, 0.1) is 0 Å². The summed E-state index contributed by atoms with van der Waals surface area (Å²) in [4.78, 5) is 4.14. The van der Waals surface area contributed by atoms with Gasteiger partial charge >= 0.3 is 0 Å². The Bertz CT molecular complexity index is 527. The highest BCUT2D eigenvalue weighted by atomic mass is 16.5. The first kappa shape index (κ1) is 14.5. The summed E-state index contributed by atoms with van der Waals surface area (Å²) >= 11 is 0. The molecule has 1 heterocycles. The van der Waals surface area contributed by atoms with Crippen LogP contribution in [0.2, 0.25) is 0 Å². The molecule has 0 saturated heterocycles. The van der Waals surface area contributed by atoms with Gasteiger partial charge in [-0.1, -0.05) is 18.2 Å². The highest BCUT2D eigenvalue weighted by Gasteiger charge is 2.05. The fourth-order valence-corrected chi connectivity index (χ4v) is 1.78. The molecule has 0 atom stereocenters. The number of para-hydroxylation sites is 1. The number of rotatable bonds is 8. The van der Waals surface area contributed by atoms with Crippen LogP contribution in [0.5, 0.6) is 5.75 Å². The lowest BCUT2D eigenvalue weighted by Crippen LogP contribution is -2.19. The summed E-state index contributed by atoms with van der Waals surface area (Å²) in [6, 6.07) is 7.97. The molecule has 6 heteroatoms. The van der Waals surface area contributed by atoms with Gasteiger partial charge in [-0.05, 0) is 6.07 Å². The van der Waals surface area contributed by atoms with Gasteiger partial charge in [0, 0.05) is 32.8 Å². The Morgan fingerprint density at radius 2 is 2.15 bits per heavy atom. The average Bonchev–Trinajstić information content (AvgIpc) is 2.88. The Hall–Kier alpha value is -1.92. The van der Waals surface area contributed by atoms with Crippen molar-refractivity contribution in [3.05, 3.63) is 42.0 Å². The minimum Gasteiger partial charge on any atom is -0.485 e. The van der Waals surface area contributed by atoms with E-state index in [1.54, 1.807) is 11.8 Å². The van der Waals surface area contributed by atoms with E-state index in [2.05, 4.69) is 15.4 Å². The van der Waals surface area contributed by atoms with Crippen molar-refractivity contribution in [2.24, 2.45) is 7.05 Å². The molecule has 0 aliphatic carbocycles. The lowest BCUT2D eigenvalue weighted by molar-refractivity contribution is 0.199. The normalized spacial score (nSPS) is 10.7. The van der Waals surface area contributed by atoms with E-state index in [9.17, 15) is 0 Å². The molecule has 1 aromatic heterocycles. The van der Waals surface area contributed by atoms with Crippen molar-refractivity contribution in [1.82, 2.24) is 20.1 Å². The number of hydrogen-bond acceptors (Lipinski definition) is 5. The number of aryl methyl sites for hydroxylation is 1. The van der Waals surface area contributed by atoms with E-state index < -0.39 is 0 Å². The average molecular weight is 276 g/mol. The van der Waals surface area contributed by atoms with Gasteiger partial charge in [-0.3, -0.25) is 4.68 Å². The van der Waals surface area contributed by atoms with Gasteiger partial charge in [-0.2, -0.15) is 5.10 Å². The molecule has 0 aliphatic heterocycles. The summed E-state index contributed by atoms with van der Waals surface area (Å²) in [6.45, 7) is 2.67. The fraction of sp³-hybridized carbons (Fsp3) is 0.429. The van der Waals surface area contributed by atoms with Gasteiger partial charge in [0.1, 0.15) is 18.7 Å². The second-order valence-corrected chi connectivity index (χ2v) is 4.37. The zero-order chi connectivity index (χ0) is 14.2. The number of benzene rings is 1. The summed E-state index contributed by atoms with van der Waals surface area (Å²) in [5.41, 5.74) is 1.12. The second kappa shape index (κ2) is 7.62. The summed E-state index contributed by atoms with van der Waals surface area (Å²) in [7, 11) is 3.55. The van der Waals surface area contributed by atoms with Crippen molar-refractivity contribution in [1.29, 1.82) is 0 Å². The van der Waals surface area contributed by atoms with Gasteiger partial charge in [0.15, 0.2) is 5.82 Å². The summed E-state index contributed by atoms with van der Waals surface area (Å²) in [5.74, 6) is 1.66. The van der Waals surface area contributed by atoms with Crippen LogP contribution < -0.4 is 10.1 Å². The first-order valence-corrected chi connectivity index (χ1v) is 6.54. The molecule has 108 valence electrons. The maximum Gasteiger partial charge on any atom is 0.164 e. The van der Waals surface area contributed by atoms with Crippen molar-refractivity contribution < 1.29 is 9.47 Å². The fourth-order valence-electron chi connectivity index (χ4n) is 1.78. The molecule has 1 N–H and O–H groups in total. The predicted molar refractivity (Wildman–Crippen MR) is 75.4 cm³/mol. The van der Waals surface area contributed by atoms with Crippen LogP contribution >= 0.6 is 0 Å². The third-order valence-electron chi connectivity index (χ3n) is 2.93. The maximum absolute atomic E-state index is 5.82. The van der Waals surface area contributed by atoms with Crippen LogP contribution in [0.25, 0.3) is 0 Å². The Labute approximate surface area is 118 Å². The molecule has 0 aliphatic rings. The van der Waals surface area contributed by atoms with Gasteiger partial charge in [-0.15, -0.1) is 0 Å². The minimum absolute atomic E-state index is 0.408. The first-order valence-electron chi connectivity index (χ1n) is 6.54. The molecule has 0 spiro atoms. The van der Waals surface area contributed by atoms with Gasteiger partial charge in [0.05, 0.1) is 6.61 Å². The van der Waals surface area contributed by atoms with Crippen molar-refractivity contribution in [2.45, 2.75) is 13.2 Å². The summed E-state index contributed by atoms with van der Waals surface area (Å²) in [5, 5.41) is 7.33. The van der Waals surface area contributed by atoms with Crippen LogP contribution in [0.3, 0.4) is 0 Å². The third kappa shape index (κ3) is 4.04. The lowest BCUT2D eigenvalue weighted by Gasteiger charge is -2.11. The van der Waals surface area contributed by atoms with E-state index in [0.29, 0.717) is 13.2 Å². The number of hydrogen-bond donors (Lipinski definition) is 1. The molecule has 0 bridgehead atoms. The number of ether oxygens (including phenoxy) is 2. The SMILES string of the molecule is COCCNCc1ccccc1OCc1ncnn1C. The molecule has 0 amide bonds. The molecule has 2 rings (SSSR count). The molecule has 2 aromatic rings. The molecule has 6 nitrogen and oxygen atoms in total. The Balaban J connectivity index is 1.92. The van der Waals surface area contributed by atoms with Crippen molar-refractivity contribution >= 4 is 0 Å². The predicted octanol–water partition coefficient (Wildman–Crippen LogP) is 1.13. The van der Waals surface area contributed by atoms with E-state index in [0.717, 1.165) is 30.2 Å². The van der Waals surface area contributed by atoms with Crippen LogP contribution in [0.15, 0.2) is 30.6 Å². The first-order chi connectivity index (χ1) is 9.81. The van der Waals surface area contributed by atoms with Crippen LogP contribution in [0.4, 0.5) is 0 Å². The molecule has 20 heavy (non-hydrogen) atoms. The quantitative estimate of drug-likeness (QED) is 0.732. The van der Waals surface area contributed by atoms with Crippen molar-refractivity contribution in [3.8, 4) is 5.75 Å². The molecule has 0 fully saturated rings. The molecule has 0 saturated carbocycles. The van der Waals surface area contributed by atoms with Crippen LogP contribution in [0.1, 0.15) is 11.4 Å². The lowest BCUT2D eigenvalue weighted by atomic mass is 10.2. The standard InChI is InChI=1S/C14H20N4O2/c1-18-14(16-11-17-18)10-20-13-6-4-3-5-12(13)9-15-7-8-19-2/h3-6,11,15H,7-10H2,1-2H3. The monoisotopic (exact) mass is 276 g/mol. The van der Waals surface area contributed by atoms with Gasteiger partial charge in [-0.25, -0.2) is 4.98 Å². The van der Waals surface area contributed by atoms with E-state index in [1.807, 2.05) is 31.3 Å². The smallest absolute Gasteiger partial charge is 0.164 e. The number of nitrogens with zero attached hydrogens (tertiary/aromatic N) is 3. The largest absolute Gasteiger partial charge is 0.485 e. The van der Waals surface area contributed by atoms with Crippen LogP contribution in [-0.2, 0) is 24.9 Å². The zero-order valence-corrected chi connectivity index (χ0v) is 11.9. The number of methoxy groups -OCH3 is 1. The van der Waals surface area contributed by atoms with E-state index in [-0.39, 0.29) is 0 Å². The number of nitrogens with one attached hydrogen (secondary N) is 1. The van der Waals surface area contributed by atoms with E-state index in [1.165, 1.54) is 6.33 Å². The maximum atomic E-state index is 5.82. The third-order valence-corrected chi connectivity index (χ3v) is 2.93. The Kier molecular flexibility index (Phi) is 5.52. The van der Waals surface area contributed by atoms with Gasteiger partial charge in [0.25, 0.3) is 0 Å². The van der Waals surface area contributed by atoms with Crippen molar-refractivity contribution in [3.63, 3.8) is 0 Å². The second-order valence-electron chi connectivity index (χ2n) is 4.37. The molecule has 0 unspecified atom stereocenters. The highest BCUT2D eigenvalue weighted by Crippen LogP contribution is 2.18. The van der Waals surface area contributed by atoms with Crippen molar-refractivity contribution in [2.75, 3.05) is 20.3 Å². The molecule has 1 aromatic carbocycles. The zero-order valence-electron chi connectivity index (χ0n) is 11.9. The Morgan fingerprint density at radius 1 is 1.30 bits per heavy atom. The van der Waals surface area contributed by atoms with E-state index >= 15 is 0 Å².